The maximum absolute atomic E-state index is 13.9. The Morgan fingerprint density at radius 2 is 1.93 bits per heavy atom. The second-order valence-corrected chi connectivity index (χ2v) is 6.57. The van der Waals surface area contributed by atoms with E-state index in [1.165, 1.54) is 6.07 Å². The Balaban J connectivity index is 0.00000392. The van der Waals surface area contributed by atoms with Crippen LogP contribution in [0.1, 0.15) is 45.1 Å². The van der Waals surface area contributed by atoms with E-state index >= 15 is 0 Å². The Morgan fingerprint density at radius 3 is 2.50 bits per heavy atom. The number of carbonyl (C=O) groups is 1. The number of esters is 1. The molecule has 1 aromatic carbocycles. The van der Waals surface area contributed by atoms with Gasteiger partial charge in [0.25, 0.3) is 0 Å². The molecule has 1 saturated carbocycles. The highest BCUT2D eigenvalue weighted by Gasteiger charge is 2.27. The van der Waals surface area contributed by atoms with E-state index < -0.39 is 0 Å². The van der Waals surface area contributed by atoms with Crippen molar-refractivity contribution in [2.45, 2.75) is 52.1 Å². The summed E-state index contributed by atoms with van der Waals surface area (Å²) in [7, 11) is 1.71. The SMILES string of the molecule is CCOC(=O)C1CCC(NC(=NC)NCc2ccc(OCC)c(F)c2)CC1.I. The fraction of sp³-hybridized carbons (Fsp3) is 0.600. The quantitative estimate of drug-likeness (QED) is 0.255. The van der Waals surface area contributed by atoms with E-state index in [9.17, 15) is 9.18 Å². The number of nitrogens with one attached hydrogen (secondary N) is 2. The highest BCUT2D eigenvalue weighted by atomic mass is 127. The van der Waals surface area contributed by atoms with Gasteiger partial charge in [-0.05, 0) is 57.2 Å². The highest BCUT2D eigenvalue weighted by molar-refractivity contribution is 14.0. The molecular weight excluding hydrogens is 476 g/mol. The molecule has 0 unspecified atom stereocenters. The van der Waals surface area contributed by atoms with Gasteiger partial charge in [-0.1, -0.05) is 6.07 Å². The molecule has 0 saturated heterocycles. The third-order valence-corrected chi connectivity index (χ3v) is 4.67. The summed E-state index contributed by atoms with van der Waals surface area (Å²) in [5.41, 5.74) is 0.810. The Morgan fingerprint density at radius 1 is 1.21 bits per heavy atom. The Kier molecular flexibility index (Phi) is 11.2. The van der Waals surface area contributed by atoms with Gasteiger partial charge in [-0.3, -0.25) is 9.79 Å². The molecule has 1 fully saturated rings. The molecule has 1 aliphatic rings. The van der Waals surface area contributed by atoms with Crippen LogP contribution in [0.3, 0.4) is 0 Å². The van der Waals surface area contributed by atoms with E-state index in [1.807, 2.05) is 19.9 Å². The van der Waals surface area contributed by atoms with Crippen molar-refractivity contribution < 1.29 is 18.7 Å². The van der Waals surface area contributed by atoms with Crippen LogP contribution in [0.5, 0.6) is 5.75 Å². The van der Waals surface area contributed by atoms with Crippen LogP contribution in [-0.2, 0) is 16.1 Å². The van der Waals surface area contributed by atoms with Crippen molar-refractivity contribution in [2.24, 2.45) is 10.9 Å². The van der Waals surface area contributed by atoms with E-state index in [4.69, 9.17) is 9.47 Å². The van der Waals surface area contributed by atoms with Crippen LogP contribution in [0, 0.1) is 11.7 Å². The molecule has 6 nitrogen and oxygen atoms in total. The zero-order valence-electron chi connectivity index (χ0n) is 16.8. The minimum absolute atomic E-state index is 0. The first kappa shape index (κ1) is 24.5. The van der Waals surface area contributed by atoms with Gasteiger partial charge in [0.1, 0.15) is 0 Å². The number of benzene rings is 1. The second-order valence-electron chi connectivity index (χ2n) is 6.57. The maximum atomic E-state index is 13.9. The Labute approximate surface area is 183 Å². The minimum atomic E-state index is -0.364. The fourth-order valence-electron chi connectivity index (χ4n) is 3.23. The molecule has 0 radical (unpaired) electrons. The molecule has 158 valence electrons. The summed E-state index contributed by atoms with van der Waals surface area (Å²) in [5, 5.41) is 6.59. The summed E-state index contributed by atoms with van der Waals surface area (Å²) in [6.07, 6.45) is 3.42. The molecule has 2 rings (SSSR count). The van der Waals surface area contributed by atoms with Gasteiger partial charge < -0.3 is 20.1 Å². The molecule has 0 aliphatic heterocycles. The molecule has 0 heterocycles. The maximum Gasteiger partial charge on any atom is 0.308 e. The van der Waals surface area contributed by atoms with E-state index in [0.29, 0.717) is 25.7 Å². The zero-order chi connectivity index (χ0) is 19.6. The minimum Gasteiger partial charge on any atom is -0.491 e. The van der Waals surface area contributed by atoms with Crippen molar-refractivity contribution in [1.82, 2.24) is 10.6 Å². The average molecular weight is 507 g/mol. The molecule has 0 atom stereocenters. The number of hydrogen-bond donors (Lipinski definition) is 2. The van der Waals surface area contributed by atoms with Crippen LogP contribution < -0.4 is 15.4 Å². The first-order valence-corrected chi connectivity index (χ1v) is 9.62. The van der Waals surface area contributed by atoms with Crippen LogP contribution in [0.2, 0.25) is 0 Å². The van der Waals surface area contributed by atoms with Crippen molar-refractivity contribution >= 4 is 35.9 Å². The molecule has 0 bridgehead atoms. The number of rotatable bonds is 7. The number of carbonyl (C=O) groups excluding carboxylic acids is 1. The van der Waals surface area contributed by atoms with Crippen LogP contribution >= 0.6 is 24.0 Å². The van der Waals surface area contributed by atoms with E-state index in [-0.39, 0.29) is 53.5 Å². The molecular formula is C20H31FIN3O3. The summed E-state index contributed by atoms with van der Waals surface area (Å²) < 4.78 is 24.3. The fourth-order valence-corrected chi connectivity index (χ4v) is 3.23. The van der Waals surface area contributed by atoms with E-state index in [2.05, 4.69) is 15.6 Å². The van der Waals surface area contributed by atoms with Crippen LogP contribution in [0.15, 0.2) is 23.2 Å². The topological polar surface area (TPSA) is 72.0 Å². The molecule has 0 spiro atoms. The van der Waals surface area contributed by atoms with Gasteiger partial charge in [-0.25, -0.2) is 4.39 Å². The molecule has 1 aromatic rings. The molecule has 28 heavy (non-hydrogen) atoms. The van der Waals surface area contributed by atoms with Crippen molar-refractivity contribution in [3.63, 3.8) is 0 Å². The first-order chi connectivity index (χ1) is 13.1. The monoisotopic (exact) mass is 507 g/mol. The van der Waals surface area contributed by atoms with Gasteiger partial charge in [0, 0.05) is 19.6 Å². The largest absolute Gasteiger partial charge is 0.491 e. The summed E-state index contributed by atoms with van der Waals surface area (Å²) in [6.45, 7) is 4.98. The predicted molar refractivity (Wildman–Crippen MR) is 119 cm³/mol. The number of ether oxygens (including phenoxy) is 2. The average Bonchev–Trinajstić information content (AvgIpc) is 2.68. The lowest BCUT2D eigenvalue weighted by Gasteiger charge is -2.29. The molecule has 0 aromatic heterocycles. The van der Waals surface area contributed by atoms with Crippen molar-refractivity contribution in [3.05, 3.63) is 29.6 Å². The van der Waals surface area contributed by atoms with Gasteiger partial charge in [0.15, 0.2) is 17.5 Å². The lowest BCUT2D eigenvalue weighted by Crippen LogP contribution is -2.45. The van der Waals surface area contributed by atoms with Crippen LogP contribution in [0.4, 0.5) is 4.39 Å². The first-order valence-electron chi connectivity index (χ1n) is 9.62. The Bertz CT molecular complexity index is 650. The standard InChI is InChI=1S/C20H30FN3O3.HI/c1-4-26-18-11-6-14(12-17(18)21)13-23-20(22-3)24-16-9-7-15(8-10-16)19(25)27-5-2;/h6,11-12,15-16H,4-5,7-10,13H2,1-3H3,(H2,22,23,24);1H. The number of guanidine groups is 1. The molecule has 2 N–H and O–H groups in total. The predicted octanol–water partition coefficient (Wildman–Crippen LogP) is 3.63. The normalized spacial score (nSPS) is 19.4. The third kappa shape index (κ3) is 7.44. The lowest BCUT2D eigenvalue weighted by molar-refractivity contribution is -0.149. The number of halogens is 2. The number of hydrogen-bond acceptors (Lipinski definition) is 4. The molecule has 0 amide bonds. The number of aliphatic imine (C=N–C) groups is 1. The third-order valence-electron chi connectivity index (χ3n) is 4.67. The van der Waals surface area contributed by atoms with Gasteiger partial charge in [0.2, 0.25) is 0 Å². The summed E-state index contributed by atoms with van der Waals surface area (Å²) in [4.78, 5) is 16.1. The Hall–Kier alpha value is -1.58. The second kappa shape index (κ2) is 12.8. The van der Waals surface area contributed by atoms with Gasteiger partial charge in [-0.2, -0.15) is 0 Å². The van der Waals surface area contributed by atoms with Gasteiger partial charge >= 0.3 is 5.97 Å². The van der Waals surface area contributed by atoms with E-state index in [0.717, 1.165) is 31.2 Å². The van der Waals surface area contributed by atoms with Gasteiger partial charge in [-0.15, -0.1) is 24.0 Å². The van der Waals surface area contributed by atoms with Gasteiger partial charge in [0.05, 0.1) is 19.1 Å². The summed E-state index contributed by atoms with van der Waals surface area (Å²) >= 11 is 0. The van der Waals surface area contributed by atoms with Crippen molar-refractivity contribution in [1.29, 1.82) is 0 Å². The molecule has 8 heteroatoms. The van der Waals surface area contributed by atoms with Crippen molar-refractivity contribution in [2.75, 3.05) is 20.3 Å². The smallest absolute Gasteiger partial charge is 0.308 e. The van der Waals surface area contributed by atoms with E-state index in [1.54, 1.807) is 13.1 Å². The lowest BCUT2D eigenvalue weighted by atomic mass is 9.86. The summed E-state index contributed by atoms with van der Waals surface area (Å²) in [6, 6.07) is 5.20. The number of nitrogens with zero attached hydrogens (tertiary/aromatic N) is 1. The zero-order valence-corrected chi connectivity index (χ0v) is 19.1. The molecule has 1 aliphatic carbocycles. The summed E-state index contributed by atoms with van der Waals surface area (Å²) in [5.74, 6) is 0.489. The van der Waals surface area contributed by atoms with Crippen LogP contribution in [-0.4, -0.2) is 38.2 Å². The van der Waals surface area contributed by atoms with Crippen molar-refractivity contribution in [3.8, 4) is 5.75 Å². The van der Waals surface area contributed by atoms with Crippen LogP contribution in [0.25, 0.3) is 0 Å². The highest BCUT2D eigenvalue weighted by Crippen LogP contribution is 2.25.